The molecule has 1 saturated heterocycles. The van der Waals surface area contributed by atoms with Crippen LogP contribution in [0.3, 0.4) is 0 Å². The molecule has 1 atom stereocenters. The van der Waals surface area contributed by atoms with Crippen LogP contribution >= 0.6 is 0 Å². The zero-order valence-electron chi connectivity index (χ0n) is 17.6. The summed E-state index contributed by atoms with van der Waals surface area (Å²) in [6.07, 6.45) is 4.20. The maximum Gasteiger partial charge on any atom is 0.267 e. The van der Waals surface area contributed by atoms with Crippen molar-refractivity contribution in [2.24, 2.45) is 11.5 Å². The molecule has 2 amide bonds. The van der Waals surface area contributed by atoms with Gasteiger partial charge in [0.15, 0.2) is 0 Å². The van der Waals surface area contributed by atoms with E-state index in [4.69, 9.17) is 11.5 Å². The summed E-state index contributed by atoms with van der Waals surface area (Å²) >= 11 is 0. The summed E-state index contributed by atoms with van der Waals surface area (Å²) in [7, 11) is 0. The maximum absolute atomic E-state index is 14.2. The van der Waals surface area contributed by atoms with Gasteiger partial charge in [0.05, 0.1) is 18.7 Å². The van der Waals surface area contributed by atoms with Crippen molar-refractivity contribution < 1.29 is 22.8 Å². The number of amides is 2. The van der Waals surface area contributed by atoms with Crippen molar-refractivity contribution in [1.29, 1.82) is 0 Å². The third-order valence-electron chi connectivity index (χ3n) is 3.96. The Kier molecular flexibility index (Phi) is 12.2. The monoisotopic (exact) mass is 418 g/mol. The Hall–Kier alpha value is -2.13. The van der Waals surface area contributed by atoms with Crippen LogP contribution in [0.15, 0.2) is 35.2 Å². The van der Waals surface area contributed by atoms with E-state index in [1.165, 1.54) is 19.1 Å². The maximum atomic E-state index is 14.2. The summed E-state index contributed by atoms with van der Waals surface area (Å²) in [5.74, 6) is -5.12. The molecule has 0 saturated carbocycles. The van der Waals surface area contributed by atoms with Crippen LogP contribution in [0.2, 0.25) is 0 Å². The van der Waals surface area contributed by atoms with Gasteiger partial charge in [0.1, 0.15) is 5.83 Å². The Labute approximate surface area is 170 Å². The predicted octanol–water partition coefficient (Wildman–Crippen LogP) is 2.42. The summed E-state index contributed by atoms with van der Waals surface area (Å²) in [6.45, 7) is 6.61. The average Bonchev–Trinajstić information content (AvgIpc) is 2.94. The van der Waals surface area contributed by atoms with E-state index in [1.807, 2.05) is 13.8 Å². The molecule has 166 valence electrons. The van der Waals surface area contributed by atoms with Crippen LogP contribution in [0.5, 0.6) is 0 Å². The number of rotatable bonds is 7. The van der Waals surface area contributed by atoms with Crippen LogP contribution < -0.4 is 16.8 Å². The van der Waals surface area contributed by atoms with Crippen LogP contribution in [0.25, 0.3) is 0 Å². The number of alkyl halides is 2. The first kappa shape index (κ1) is 26.9. The molecule has 1 unspecified atom stereocenters. The quantitative estimate of drug-likeness (QED) is 0.437. The fourth-order valence-corrected chi connectivity index (χ4v) is 2.56. The summed E-state index contributed by atoms with van der Waals surface area (Å²) in [5, 5.41) is 2.30. The van der Waals surface area contributed by atoms with Gasteiger partial charge >= 0.3 is 0 Å². The molecule has 0 spiro atoms. The van der Waals surface area contributed by atoms with Gasteiger partial charge in [-0.05, 0) is 39.0 Å². The van der Waals surface area contributed by atoms with Gasteiger partial charge in [0.25, 0.3) is 11.8 Å². The molecule has 1 rings (SSSR count). The summed E-state index contributed by atoms with van der Waals surface area (Å²) in [4.78, 5) is 25.4. The number of allylic oxidation sites excluding steroid dienone is 3. The van der Waals surface area contributed by atoms with Gasteiger partial charge in [-0.2, -0.15) is 0 Å². The first-order chi connectivity index (χ1) is 13.5. The zero-order valence-corrected chi connectivity index (χ0v) is 17.6. The van der Waals surface area contributed by atoms with E-state index in [1.54, 1.807) is 13.0 Å². The van der Waals surface area contributed by atoms with E-state index in [0.29, 0.717) is 12.0 Å². The number of likely N-dealkylation sites (tertiary alicyclic amines) is 1. The minimum atomic E-state index is -2.93. The molecule has 0 bridgehead atoms. The van der Waals surface area contributed by atoms with Crippen molar-refractivity contribution in [1.82, 2.24) is 10.2 Å². The molecular formula is C20H33F3N4O2. The Morgan fingerprint density at radius 2 is 1.86 bits per heavy atom. The minimum absolute atomic E-state index is 0.140. The highest BCUT2D eigenvalue weighted by atomic mass is 19.3. The fraction of sp³-hybridized carbons (Fsp3) is 0.600. The number of hydrogen-bond acceptors (Lipinski definition) is 4. The second-order valence-electron chi connectivity index (χ2n) is 6.79. The van der Waals surface area contributed by atoms with E-state index in [2.05, 4.69) is 5.32 Å². The summed E-state index contributed by atoms with van der Waals surface area (Å²) in [5.41, 5.74) is 10.6. The third-order valence-corrected chi connectivity index (χ3v) is 3.96. The van der Waals surface area contributed by atoms with E-state index >= 15 is 0 Å². The molecule has 0 aromatic rings. The van der Waals surface area contributed by atoms with E-state index in [9.17, 15) is 22.8 Å². The van der Waals surface area contributed by atoms with Gasteiger partial charge in [0.2, 0.25) is 5.91 Å². The number of nitrogens with one attached hydrogen (secondary N) is 1. The van der Waals surface area contributed by atoms with Gasteiger partial charge in [0, 0.05) is 19.0 Å². The van der Waals surface area contributed by atoms with Crippen molar-refractivity contribution in [3.05, 3.63) is 35.2 Å². The Balaban J connectivity index is 0.00000245. The third kappa shape index (κ3) is 9.76. The summed E-state index contributed by atoms with van der Waals surface area (Å²) < 4.78 is 41.0. The second-order valence-corrected chi connectivity index (χ2v) is 6.79. The number of carbonyl (C=O) groups is 2. The highest BCUT2D eigenvalue weighted by Gasteiger charge is 2.44. The number of halogens is 3. The zero-order chi connectivity index (χ0) is 22.6. The van der Waals surface area contributed by atoms with Gasteiger partial charge < -0.3 is 21.7 Å². The van der Waals surface area contributed by atoms with Crippen LogP contribution in [-0.4, -0.2) is 54.9 Å². The molecule has 9 heteroatoms. The van der Waals surface area contributed by atoms with Crippen LogP contribution in [-0.2, 0) is 9.59 Å². The standard InChI is InChI=1S/C18H26F3N3O2.C2H7N/c1-4-5-6-15(19)14(7-12(2)9-22)17(26)23-10-16(25)24-11-18(20,21)8-13(24)3;1-2-3/h5-7,13H,4,8-11,22H2,1-3H3,(H,23,26);2-3H2,1H3/b6-5+,12-7+,15-14-;. The number of hydrogen-bond donors (Lipinski definition) is 3. The molecule has 5 N–H and O–H groups in total. The first-order valence-electron chi connectivity index (χ1n) is 9.61. The van der Waals surface area contributed by atoms with E-state index in [0.717, 1.165) is 11.4 Å². The van der Waals surface area contributed by atoms with Crippen molar-refractivity contribution in [2.45, 2.75) is 52.5 Å². The molecule has 0 aromatic carbocycles. The minimum Gasteiger partial charge on any atom is -0.343 e. The van der Waals surface area contributed by atoms with Crippen molar-refractivity contribution in [3.8, 4) is 0 Å². The highest BCUT2D eigenvalue weighted by molar-refractivity contribution is 5.99. The van der Waals surface area contributed by atoms with Crippen molar-refractivity contribution in [3.63, 3.8) is 0 Å². The Bertz CT molecular complexity index is 646. The molecule has 0 radical (unpaired) electrons. The largest absolute Gasteiger partial charge is 0.343 e. The molecule has 6 nitrogen and oxygen atoms in total. The fourth-order valence-electron chi connectivity index (χ4n) is 2.56. The van der Waals surface area contributed by atoms with Crippen molar-refractivity contribution >= 4 is 11.8 Å². The lowest BCUT2D eigenvalue weighted by Crippen LogP contribution is -2.42. The molecule has 1 heterocycles. The molecule has 29 heavy (non-hydrogen) atoms. The highest BCUT2D eigenvalue weighted by Crippen LogP contribution is 2.31. The molecule has 0 aliphatic carbocycles. The van der Waals surface area contributed by atoms with E-state index in [-0.39, 0.29) is 12.1 Å². The van der Waals surface area contributed by atoms with Gasteiger partial charge in [-0.25, -0.2) is 13.2 Å². The smallest absolute Gasteiger partial charge is 0.267 e. The Morgan fingerprint density at radius 3 is 2.31 bits per heavy atom. The summed E-state index contributed by atoms with van der Waals surface area (Å²) in [6, 6.07) is -0.618. The van der Waals surface area contributed by atoms with Crippen LogP contribution in [0, 0.1) is 0 Å². The van der Waals surface area contributed by atoms with Gasteiger partial charge in [-0.3, -0.25) is 9.59 Å². The second kappa shape index (κ2) is 13.2. The Morgan fingerprint density at radius 1 is 1.28 bits per heavy atom. The lowest BCUT2D eigenvalue weighted by molar-refractivity contribution is -0.133. The molecule has 1 aliphatic heterocycles. The number of nitrogens with two attached hydrogens (primary N) is 2. The predicted molar refractivity (Wildman–Crippen MR) is 109 cm³/mol. The normalized spacial score (nSPS) is 19.6. The number of nitrogens with zero attached hydrogens (tertiary/aromatic N) is 1. The SMILES string of the molecule is CC/C=C/C(F)=C(\C=C(/C)CN)C(=O)NCC(=O)N1CC(F)(F)CC1C.CCN. The topological polar surface area (TPSA) is 101 Å². The lowest BCUT2D eigenvalue weighted by Gasteiger charge is -2.21. The molecule has 1 aliphatic rings. The van der Waals surface area contributed by atoms with Gasteiger partial charge in [-0.15, -0.1) is 0 Å². The first-order valence-corrected chi connectivity index (χ1v) is 9.61. The number of carbonyl (C=O) groups excluding carboxylic acids is 2. The van der Waals surface area contributed by atoms with Gasteiger partial charge in [-0.1, -0.05) is 25.5 Å². The molecule has 1 fully saturated rings. The van der Waals surface area contributed by atoms with Crippen molar-refractivity contribution in [2.75, 3.05) is 26.2 Å². The van der Waals surface area contributed by atoms with Crippen LogP contribution in [0.4, 0.5) is 13.2 Å². The van der Waals surface area contributed by atoms with Crippen LogP contribution in [0.1, 0.15) is 40.5 Å². The average molecular weight is 419 g/mol. The molecule has 0 aromatic heterocycles. The lowest BCUT2D eigenvalue weighted by atomic mass is 10.1. The molecular weight excluding hydrogens is 385 g/mol. The van der Waals surface area contributed by atoms with E-state index < -0.39 is 49.1 Å².